The van der Waals surface area contributed by atoms with E-state index in [0.717, 1.165) is 5.75 Å². The van der Waals surface area contributed by atoms with Crippen LogP contribution in [-0.4, -0.2) is 38.9 Å². The molecule has 0 aliphatic heterocycles. The van der Waals surface area contributed by atoms with Gasteiger partial charge in [0.25, 0.3) is 5.91 Å². The first-order valence-corrected chi connectivity index (χ1v) is 11.8. The Bertz CT molecular complexity index is 936. The number of carbonyl (C=O) groups excluding carboxylic acids is 1. The molecule has 2 aliphatic carbocycles. The van der Waals surface area contributed by atoms with Crippen LogP contribution in [0.4, 0.5) is 0 Å². The summed E-state index contributed by atoms with van der Waals surface area (Å²) in [6.07, 6.45) is 6.36. The molecule has 2 aliphatic rings. The molecule has 1 aromatic heterocycles. The molecule has 1 unspecified atom stereocenters. The number of nitrogens with zero attached hydrogens (tertiary/aromatic N) is 2. The van der Waals surface area contributed by atoms with Gasteiger partial charge < -0.3 is 14.6 Å². The van der Waals surface area contributed by atoms with Crippen molar-refractivity contribution in [2.75, 3.05) is 18.6 Å². The summed E-state index contributed by atoms with van der Waals surface area (Å²) in [5, 5.41) is 6.91. The summed E-state index contributed by atoms with van der Waals surface area (Å²) in [4.78, 5) is 17.3. The van der Waals surface area contributed by atoms with Gasteiger partial charge in [0.2, 0.25) is 5.89 Å². The molecule has 29 heavy (non-hydrogen) atoms. The van der Waals surface area contributed by atoms with Crippen LogP contribution in [-0.2, 0) is 16.3 Å². The number of amides is 1. The zero-order valence-corrected chi connectivity index (χ0v) is 17.9. The van der Waals surface area contributed by atoms with Gasteiger partial charge in [-0.3, -0.25) is 9.00 Å². The predicted octanol–water partition coefficient (Wildman–Crippen LogP) is 3.07. The monoisotopic (exact) mass is 417 g/mol. The Labute approximate surface area is 173 Å². The van der Waals surface area contributed by atoms with Crippen molar-refractivity contribution in [3.8, 4) is 5.75 Å². The van der Waals surface area contributed by atoms with Crippen LogP contribution in [0.25, 0.3) is 0 Å². The number of benzene rings is 1. The third-order valence-corrected chi connectivity index (χ3v) is 6.35. The molecular weight excluding hydrogens is 390 g/mol. The number of hydrogen-bond donors (Lipinski definition) is 1. The molecule has 0 spiro atoms. The van der Waals surface area contributed by atoms with Gasteiger partial charge in [0.15, 0.2) is 5.82 Å². The lowest BCUT2D eigenvalue weighted by Crippen LogP contribution is -2.48. The maximum atomic E-state index is 13.1. The van der Waals surface area contributed by atoms with Crippen LogP contribution in [0.2, 0.25) is 0 Å². The first-order chi connectivity index (χ1) is 13.8. The molecule has 1 heterocycles. The molecule has 0 saturated heterocycles. The number of ether oxygens (including phenoxy) is 1. The van der Waals surface area contributed by atoms with Gasteiger partial charge >= 0.3 is 0 Å². The second kappa shape index (κ2) is 7.89. The highest BCUT2D eigenvalue weighted by atomic mass is 32.2. The van der Waals surface area contributed by atoms with Crippen molar-refractivity contribution in [1.29, 1.82) is 0 Å². The molecule has 7 nitrogen and oxygen atoms in total. The number of rotatable bonds is 9. The first-order valence-electron chi connectivity index (χ1n) is 10.0. The Morgan fingerprint density at radius 3 is 2.69 bits per heavy atom. The van der Waals surface area contributed by atoms with Crippen molar-refractivity contribution < 1.29 is 18.3 Å². The summed E-state index contributed by atoms with van der Waals surface area (Å²) in [5.74, 6) is 2.61. The lowest BCUT2D eigenvalue weighted by molar-refractivity contribution is 0.0908. The summed E-state index contributed by atoms with van der Waals surface area (Å²) < 4.78 is 23.1. The van der Waals surface area contributed by atoms with E-state index in [9.17, 15) is 9.00 Å². The Morgan fingerprint density at radius 2 is 2.10 bits per heavy atom. The number of aromatic nitrogens is 2. The SMILES string of the molecule is Cc1nc([C@](C)(CS(C)=O)NC(=O)c2ccc(C3CC3)c(OCC3CC3)c2)no1. The van der Waals surface area contributed by atoms with E-state index in [1.165, 1.54) is 31.2 Å². The predicted molar refractivity (Wildman–Crippen MR) is 109 cm³/mol. The fourth-order valence-electron chi connectivity index (χ4n) is 3.43. The Morgan fingerprint density at radius 1 is 1.34 bits per heavy atom. The van der Waals surface area contributed by atoms with Gasteiger partial charge in [-0.15, -0.1) is 0 Å². The van der Waals surface area contributed by atoms with Gasteiger partial charge in [-0.25, -0.2) is 0 Å². The van der Waals surface area contributed by atoms with Crippen LogP contribution in [0, 0.1) is 12.8 Å². The fraction of sp³-hybridized carbons (Fsp3) is 0.571. The van der Waals surface area contributed by atoms with Crippen molar-refractivity contribution in [3.05, 3.63) is 41.0 Å². The molecule has 1 N–H and O–H groups in total. The normalized spacial score (nSPS) is 19.4. The minimum atomic E-state index is -1.17. The molecule has 2 saturated carbocycles. The number of carbonyl (C=O) groups is 1. The molecule has 0 radical (unpaired) electrons. The summed E-state index contributed by atoms with van der Waals surface area (Å²) in [6.45, 7) is 4.15. The largest absolute Gasteiger partial charge is 0.493 e. The van der Waals surface area contributed by atoms with Crippen molar-refractivity contribution >= 4 is 16.7 Å². The molecule has 156 valence electrons. The maximum absolute atomic E-state index is 13.1. The van der Waals surface area contributed by atoms with Gasteiger partial charge in [-0.05, 0) is 62.1 Å². The quantitative estimate of drug-likeness (QED) is 0.674. The van der Waals surface area contributed by atoms with E-state index < -0.39 is 16.3 Å². The molecule has 2 fully saturated rings. The van der Waals surface area contributed by atoms with E-state index in [2.05, 4.69) is 15.5 Å². The topological polar surface area (TPSA) is 94.3 Å². The van der Waals surface area contributed by atoms with E-state index in [-0.39, 0.29) is 11.7 Å². The average molecular weight is 418 g/mol. The van der Waals surface area contributed by atoms with Gasteiger partial charge in [-0.2, -0.15) is 4.98 Å². The van der Waals surface area contributed by atoms with Crippen molar-refractivity contribution in [1.82, 2.24) is 15.5 Å². The highest BCUT2D eigenvalue weighted by Crippen LogP contribution is 2.45. The maximum Gasteiger partial charge on any atom is 0.252 e. The molecule has 2 atom stereocenters. The van der Waals surface area contributed by atoms with Crippen LogP contribution < -0.4 is 10.1 Å². The van der Waals surface area contributed by atoms with Crippen molar-refractivity contribution in [3.63, 3.8) is 0 Å². The van der Waals surface area contributed by atoms with Gasteiger partial charge in [0, 0.05) is 29.5 Å². The summed E-state index contributed by atoms with van der Waals surface area (Å²) >= 11 is 0. The second-order valence-corrected chi connectivity index (χ2v) is 9.86. The summed E-state index contributed by atoms with van der Waals surface area (Å²) in [5.41, 5.74) is 0.695. The third kappa shape index (κ3) is 4.86. The first kappa shape index (κ1) is 20.1. The molecule has 8 heteroatoms. The minimum Gasteiger partial charge on any atom is -0.493 e. The molecular formula is C21H27N3O4S. The molecule has 1 aromatic carbocycles. The van der Waals surface area contributed by atoms with Gasteiger partial charge in [0.05, 0.1) is 12.4 Å². The van der Waals surface area contributed by atoms with Crippen molar-refractivity contribution in [2.24, 2.45) is 5.92 Å². The zero-order chi connectivity index (χ0) is 20.6. The van der Waals surface area contributed by atoms with E-state index in [4.69, 9.17) is 9.26 Å². The molecule has 0 bridgehead atoms. The van der Waals surface area contributed by atoms with Crippen LogP contribution in [0.15, 0.2) is 22.7 Å². The Hall–Kier alpha value is -2.22. The van der Waals surface area contributed by atoms with Crippen LogP contribution in [0.1, 0.15) is 66.2 Å². The van der Waals surface area contributed by atoms with Gasteiger partial charge in [0.1, 0.15) is 11.3 Å². The van der Waals surface area contributed by atoms with Gasteiger partial charge in [-0.1, -0.05) is 11.2 Å². The van der Waals surface area contributed by atoms with Crippen LogP contribution >= 0.6 is 0 Å². The smallest absolute Gasteiger partial charge is 0.252 e. The Kier molecular flexibility index (Phi) is 5.46. The minimum absolute atomic E-state index is 0.183. The molecule has 2 aromatic rings. The zero-order valence-electron chi connectivity index (χ0n) is 17.1. The van der Waals surface area contributed by atoms with E-state index in [0.29, 0.717) is 35.7 Å². The van der Waals surface area contributed by atoms with E-state index >= 15 is 0 Å². The standard InChI is InChI=1S/C21H27N3O4S/c1-13-22-20(24-28-13)21(2,12-29(3)26)23-19(25)16-8-9-17(15-6-7-15)18(10-16)27-11-14-4-5-14/h8-10,14-15H,4-7,11-12H2,1-3H3,(H,23,25)/t21-,29?/m0/s1. The lowest BCUT2D eigenvalue weighted by Gasteiger charge is -2.26. The van der Waals surface area contributed by atoms with E-state index in [1.807, 2.05) is 18.2 Å². The number of nitrogens with one attached hydrogen (secondary N) is 1. The number of hydrogen-bond acceptors (Lipinski definition) is 6. The van der Waals surface area contributed by atoms with E-state index in [1.54, 1.807) is 20.1 Å². The summed E-state index contributed by atoms with van der Waals surface area (Å²) in [6, 6.07) is 5.66. The highest BCUT2D eigenvalue weighted by Gasteiger charge is 2.36. The van der Waals surface area contributed by atoms with Crippen LogP contribution in [0.3, 0.4) is 0 Å². The Balaban J connectivity index is 1.56. The highest BCUT2D eigenvalue weighted by molar-refractivity contribution is 7.84. The third-order valence-electron chi connectivity index (χ3n) is 5.37. The van der Waals surface area contributed by atoms with Crippen molar-refractivity contribution in [2.45, 2.75) is 51.0 Å². The number of aryl methyl sites for hydroxylation is 1. The molecule has 4 rings (SSSR count). The lowest BCUT2D eigenvalue weighted by atomic mass is 10.0. The van der Waals surface area contributed by atoms with Crippen LogP contribution in [0.5, 0.6) is 5.75 Å². The summed E-state index contributed by atoms with van der Waals surface area (Å²) in [7, 11) is -1.17. The molecule has 1 amide bonds. The average Bonchev–Trinajstić information content (AvgIpc) is 3.58. The fourth-order valence-corrected chi connectivity index (χ4v) is 4.45. The second-order valence-electron chi connectivity index (χ2n) is 8.42.